The van der Waals surface area contributed by atoms with Crippen molar-refractivity contribution < 1.29 is 22.4 Å². The molecule has 0 spiro atoms. The van der Waals surface area contributed by atoms with Crippen molar-refractivity contribution in [2.24, 2.45) is 5.92 Å². The summed E-state index contributed by atoms with van der Waals surface area (Å²) in [6, 6.07) is 8.87. The van der Waals surface area contributed by atoms with Crippen LogP contribution >= 0.6 is 0 Å². The molecule has 3 aromatic rings. The molecule has 0 saturated heterocycles. The van der Waals surface area contributed by atoms with E-state index in [1.54, 1.807) is 40.3 Å². The van der Waals surface area contributed by atoms with E-state index in [2.05, 4.69) is 4.98 Å². The Morgan fingerprint density at radius 1 is 1.16 bits per heavy atom. The summed E-state index contributed by atoms with van der Waals surface area (Å²) in [5.41, 5.74) is -0.156. The van der Waals surface area contributed by atoms with Crippen LogP contribution in [0.25, 0.3) is 0 Å². The predicted molar refractivity (Wildman–Crippen MR) is 108 cm³/mol. The Bertz CT molecular complexity index is 1010. The zero-order chi connectivity index (χ0) is 21.8. The molecule has 2 aromatic heterocycles. The van der Waals surface area contributed by atoms with Crippen LogP contribution in [0, 0.1) is 5.92 Å². The Hall–Kier alpha value is -3.03. The zero-order valence-electron chi connectivity index (χ0n) is 17.0. The van der Waals surface area contributed by atoms with Crippen LogP contribution in [-0.2, 0) is 30.6 Å². The van der Waals surface area contributed by atoms with Gasteiger partial charge in [-0.2, -0.15) is 13.2 Å². The van der Waals surface area contributed by atoms with Crippen LogP contribution in [0.15, 0.2) is 59.5 Å². The Kier molecular flexibility index (Phi) is 6.15. The quantitative estimate of drug-likeness (QED) is 0.513. The molecule has 5 nitrogen and oxygen atoms in total. The molecule has 1 amide bonds. The third kappa shape index (κ3) is 5.18. The fourth-order valence-electron chi connectivity index (χ4n) is 4.08. The molecule has 1 fully saturated rings. The number of hydrogen-bond acceptors (Lipinski definition) is 3. The van der Waals surface area contributed by atoms with Crippen LogP contribution in [0.1, 0.15) is 48.4 Å². The molecule has 0 N–H and O–H groups in total. The highest BCUT2D eigenvalue weighted by Gasteiger charge is 2.31. The average molecular weight is 431 g/mol. The monoisotopic (exact) mass is 431 g/mol. The third-order valence-electron chi connectivity index (χ3n) is 5.68. The van der Waals surface area contributed by atoms with Crippen molar-refractivity contribution in [1.29, 1.82) is 0 Å². The van der Waals surface area contributed by atoms with E-state index in [1.165, 1.54) is 6.07 Å². The number of imidazole rings is 1. The maximum absolute atomic E-state index is 13.1. The highest BCUT2D eigenvalue weighted by Crippen LogP contribution is 2.30. The van der Waals surface area contributed by atoms with Crippen LogP contribution in [0.5, 0.6) is 0 Å². The maximum atomic E-state index is 13.1. The van der Waals surface area contributed by atoms with Crippen LogP contribution < -0.4 is 0 Å². The summed E-state index contributed by atoms with van der Waals surface area (Å²) < 4.78 is 46.4. The van der Waals surface area contributed by atoms with Crippen molar-refractivity contribution in [3.8, 4) is 0 Å². The SMILES string of the molecule is O=C(C1CCCC1)N(Cc1ccco1)Cc1nccn1Cc1cccc(C(F)(F)F)c1. The number of halogens is 3. The first-order chi connectivity index (χ1) is 14.9. The maximum Gasteiger partial charge on any atom is 0.416 e. The largest absolute Gasteiger partial charge is 0.467 e. The molecule has 1 aromatic carbocycles. The summed E-state index contributed by atoms with van der Waals surface area (Å²) in [4.78, 5) is 19.3. The predicted octanol–water partition coefficient (Wildman–Crippen LogP) is 5.26. The van der Waals surface area contributed by atoms with Gasteiger partial charge in [0.2, 0.25) is 5.91 Å². The molecule has 2 heterocycles. The van der Waals surface area contributed by atoms with Crippen molar-refractivity contribution in [2.75, 3.05) is 0 Å². The van der Waals surface area contributed by atoms with Crippen molar-refractivity contribution in [3.05, 3.63) is 77.8 Å². The second kappa shape index (κ2) is 8.99. The highest BCUT2D eigenvalue weighted by molar-refractivity contribution is 5.79. The van der Waals surface area contributed by atoms with Gasteiger partial charge in [0.05, 0.1) is 24.9 Å². The van der Waals surface area contributed by atoms with Crippen LogP contribution in [0.4, 0.5) is 13.2 Å². The van der Waals surface area contributed by atoms with Crippen molar-refractivity contribution in [2.45, 2.75) is 51.5 Å². The van der Waals surface area contributed by atoms with Crippen molar-refractivity contribution in [3.63, 3.8) is 0 Å². The fraction of sp³-hybridized carbons (Fsp3) is 0.391. The molecule has 164 valence electrons. The first kappa shape index (κ1) is 21.2. The first-order valence-corrected chi connectivity index (χ1v) is 10.4. The van der Waals surface area contributed by atoms with Gasteiger partial charge in [-0.15, -0.1) is 0 Å². The molecule has 1 saturated carbocycles. The van der Waals surface area contributed by atoms with E-state index in [4.69, 9.17) is 4.42 Å². The molecule has 1 aliphatic rings. The van der Waals surface area contributed by atoms with Crippen molar-refractivity contribution in [1.82, 2.24) is 14.5 Å². The summed E-state index contributed by atoms with van der Waals surface area (Å²) in [6.45, 7) is 0.839. The lowest BCUT2D eigenvalue weighted by Gasteiger charge is -2.25. The normalized spacial score (nSPS) is 14.8. The lowest BCUT2D eigenvalue weighted by Crippen LogP contribution is -2.35. The fourth-order valence-corrected chi connectivity index (χ4v) is 4.08. The molecule has 0 bridgehead atoms. The van der Waals surface area contributed by atoms with Gasteiger partial charge in [-0.3, -0.25) is 4.79 Å². The molecule has 31 heavy (non-hydrogen) atoms. The number of amides is 1. The lowest BCUT2D eigenvalue weighted by molar-refractivity contribution is -0.138. The Morgan fingerprint density at radius 2 is 1.97 bits per heavy atom. The number of carbonyl (C=O) groups is 1. The molecule has 0 unspecified atom stereocenters. The summed E-state index contributed by atoms with van der Waals surface area (Å²) in [6.07, 6.45) is 4.38. The average Bonchev–Trinajstić information content (AvgIpc) is 3.51. The second-order valence-corrected chi connectivity index (χ2v) is 7.92. The molecule has 8 heteroatoms. The van der Waals surface area contributed by atoms with E-state index in [9.17, 15) is 18.0 Å². The summed E-state index contributed by atoms with van der Waals surface area (Å²) >= 11 is 0. The number of rotatable bonds is 7. The number of alkyl halides is 3. The standard InChI is InChI=1S/C23H24F3N3O2/c24-23(25,26)19-8-3-5-17(13-19)14-28-11-10-27-21(28)16-29(15-20-9-4-12-31-20)22(30)18-6-1-2-7-18/h3-5,8-13,18H,1-2,6-7,14-16H2. The minimum atomic E-state index is -4.39. The van der Waals surface area contributed by atoms with Gasteiger partial charge in [-0.25, -0.2) is 4.98 Å². The van der Waals surface area contributed by atoms with Gasteiger partial charge < -0.3 is 13.9 Å². The third-order valence-corrected chi connectivity index (χ3v) is 5.68. The van der Waals surface area contributed by atoms with Gasteiger partial charge in [-0.1, -0.05) is 25.0 Å². The number of aromatic nitrogens is 2. The molecule has 0 aliphatic heterocycles. The number of nitrogens with zero attached hydrogens (tertiary/aromatic N) is 3. The van der Waals surface area contributed by atoms with Gasteiger partial charge >= 0.3 is 6.18 Å². The minimum Gasteiger partial charge on any atom is -0.467 e. The molecule has 0 atom stereocenters. The van der Waals surface area contributed by atoms with Crippen molar-refractivity contribution >= 4 is 5.91 Å². The van der Waals surface area contributed by atoms with Crippen LogP contribution in [0.3, 0.4) is 0 Å². The van der Waals surface area contributed by atoms with E-state index < -0.39 is 11.7 Å². The van der Waals surface area contributed by atoms with E-state index in [1.807, 2.05) is 6.07 Å². The van der Waals surface area contributed by atoms with Gasteiger partial charge in [-0.05, 0) is 42.7 Å². The van der Waals surface area contributed by atoms with Gasteiger partial charge in [0, 0.05) is 24.9 Å². The zero-order valence-corrected chi connectivity index (χ0v) is 17.0. The Labute approximate surface area is 178 Å². The Balaban J connectivity index is 1.53. The topological polar surface area (TPSA) is 51.3 Å². The van der Waals surface area contributed by atoms with Crippen LogP contribution in [-0.4, -0.2) is 20.4 Å². The second-order valence-electron chi connectivity index (χ2n) is 7.92. The number of benzene rings is 1. The number of carbonyl (C=O) groups excluding carboxylic acids is 1. The van der Waals surface area contributed by atoms with E-state index in [0.717, 1.165) is 37.8 Å². The number of hydrogen-bond donors (Lipinski definition) is 0. The summed E-state index contributed by atoms with van der Waals surface area (Å²) in [7, 11) is 0. The lowest BCUT2D eigenvalue weighted by atomic mass is 10.1. The van der Waals surface area contributed by atoms with E-state index in [0.29, 0.717) is 23.7 Å². The van der Waals surface area contributed by atoms with Crippen LogP contribution in [0.2, 0.25) is 0 Å². The van der Waals surface area contributed by atoms with E-state index in [-0.39, 0.29) is 24.9 Å². The molecular weight excluding hydrogens is 407 g/mol. The smallest absolute Gasteiger partial charge is 0.416 e. The Morgan fingerprint density at radius 3 is 2.68 bits per heavy atom. The summed E-state index contributed by atoms with van der Waals surface area (Å²) in [5.74, 6) is 1.38. The van der Waals surface area contributed by atoms with E-state index >= 15 is 0 Å². The van der Waals surface area contributed by atoms with Gasteiger partial charge in [0.15, 0.2) is 0 Å². The van der Waals surface area contributed by atoms with Gasteiger partial charge in [0.1, 0.15) is 11.6 Å². The molecule has 4 rings (SSSR count). The molecule has 0 radical (unpaired) electrons. The highest BCUT2D eigenvalue weighted by atomic mass is 19.4. The molecule has 1 aliphatic carbocycles. The summed E-state index contributed by atoms with van der Waals surface area (Å²) in [5, 5.41) is 0. The minimum absolute atomic E-state index is 0.00171. The first-order valence-electron chi connectivity index (χ1n) is 10.4. The molecular formula is C23H24F3N3O2. The van der Waals surface area contributed by atoms with Gasteiger partial charge in [0.25, 0.3) is 0 Å². The number of furan rings is 1.